The van der Waals surface area contributed by atoms with Crippen LogP contribution in [-0.2, 0) is 9.53 Å². The highest BCUT2D eigenvalue weighted by atomic mass is 16.5. The van der Waals surface area contributed by atoms with Crippen LogP contribution in [0.2, 0.25) is 0 Å². The summed E-state index contributed by atoms with van der Waals surface area (Å²) in [4.78, 5) is 11.7. The van der Waals surface area contributed by atoms with Crippen molar-refractivity contribution in [2.75, 3.05) is 0 Å². The predicted octanol–water partition coefficient (Wildman–Crippen LogP) is 5.13. The van der Waals surface area contributed by atoms with Crippen molar-refractivity contribution in [2.45, 2.75) is 78.2 Å². The summed E-state index contributed by atoms with van der Waals surface area (Å²) in [5.74, 6) is 3.03. The number of carbonyl (C=O) groups is 1. The third-order valence-corrected chi connectivity index (χ3v) is 8.35. The molecule has 2 heteroatoms. The van der Waals surface area contributed by atoms with E-state index in [4.69, 9.17) is 4.74 Å². The quantitative estimate of drug-likeness (QED) is 0.495. The van der Waals surface area contributed by atoms with E-state index in [1.807, 2.05) is 0 Å². The molecule has 0 aliphatic heterocycles. The van der Waals surface area contributed by atoms with E-state index in [2.05, 4.69) is 26.0 Å². The molecule has 7 atom stereocenters. The summed E-state index contributed by atoms with van der Waals surface area (Å²) in [6.45, 7) is 6.58. The van der Waals surface area contributed by atoms with Gasteiger partial charge in [-0.3, -0.25) is 4.79 Å². The minimum atomic E-state index is -0.103. The van der Waals surface area contributed by atoms with E-state index in [9.17, 15) is 4.79 Å². The molecule has 4 aliphatic rings. The summed E-state index contributed by atoms with van der Waals surface area (Å²) in [5.41, 5.74) is 0.763. The first-order chi connectivity index (χ1) is 10.9. The molecular formula is C21H32O2. The van der Waals surface area contributed by atoms with Gasteiger partial charge in [-0.05, 0) is 67.6 Å². The Balaban J connectivity index is 1.68. The third-order valence-electron chi connectivity index (χ3n) is 8.35. The van der Waals surface area contributed by atoms with Crippen LogP contribution in [0.1, 0.15) is 72.1 Å². The normalized spacial score (nSPS) is 51.5. The lowest BCUT2D eigenvalue weighted by Crippen LogP contribution is -2.56. The minimum Gasteiger partial charge on any atom is -0.462 e. The standard InChI is InChI=1S/C21H32O2/c1-14(22)23-19-8-4-6-15-9-10-16-17-7-5-12-20(17,2)13-11-18(16)21(15,19)3/h4,6,15-19H,5,7-13H2,1-3H3/t15?,16-,17-,18-,19?,20-,21-/m0/s1. The second kappa shape index (κ2) is 5.36. The molecule has 128 valence electrons. The van der Waals surface area contributed by atoms with E-state index in [1.165, 1.54) is 44.9 Å². The lowest BCUT2D eigenvalue weighted by Gasteiger charge is -2.60. The zero-order valence-electron chi connectivity index (χ0n) is 15.0. The molecule has 0 aromatic carbocycles. The monoisotopic (exact) mass is 316 g/mol. The Morgan fingerprint density at radius 3 is 2.70 bits per heavy atom. The van der Waals surface area contributed by atoms with Gasteiger partial charge in [0.25, 0.3) is 0 Å². The van der Waals surface area contributed by atoms with Crippen LogP contribution in [0.15, 0.2) is 12.2 Å². The van der Waals surface area contributed by atoms with E-state index >= 15 is 0 Å². The Morgan fingerprint density at radius 1 is 1.09 bits per heavy atom. The van der Waals surface area contributed by atoms with E-state index in [1.54, 1.807) is 6.92 Å². The molecule has 0 aromatic heterocycles. The average molecular weight is 316 g/mol. The van der Waals surface area contributed by atoms with E-state index in [0.717, 1.165) is 24.2 Å². The molecule has 4 aliphatic carbocycles. The number of allylic oxidation sites excluding steroid dienone is 1. The maximum Gasteiger partial charge on any atom is 0.302 e. The number of hydrogen-bond donors (Lipinski definition) is 0. The van der Waals surface area contributed by atoms with E-state index in [-0.39, 0.29) is 17.5 Å². The first kappa shape index (κ1) is 15.7. The van der Waals surface area contributed by atoms with Crippen molar-refractivity contribution in [1.82, 2.24) is 0 Å². The van der Waals surface area contributed by atoms with Gasteiger partial charge in [-0.1, -0.05) is 32.4 Å². The average Bonchev–Trinajstić information content (AvgIpc) is 2.89. The lowest BCUT2D eigenvalue weighted by atomic mass is 9.45. The lowest BCUT2D eigenvalue weighted by molar-refractivity contribution is -0.174. The van der Waals surface area contributed by atoms with Crippen LogP contribution >= 0.6 is 0 Å². The van der Waals surface area contributed by atoms with Crippen molar-refractivity contribution in [3.8, 4) is 0 Å². The van der Waals surface area contributed by atoms with Gasteiger partial charge in [0.2, 0.25) is 0 Å². The van der Waals surface area contributed by atoms with Crippen LogP contribution in [0.5, 0.6) is 0 Å². The summed E-state index contributed by atoms with van der Waals surface area (Å²) >= 11 is 0. The van der Waals surface area contributed by atoms with Crippen LogP contribution in [0.4, 0.5) is 0 Å². The second-order valence-corrected chi connectivity index (χ2v) is 9.27. The minimum absolute atomic E-state index is 0.0913. The summed E-state index contributed by atoms with van der Waals surface area (Å²) in [5, 5.41) is 0. The summed E-state index contributed by atoms with van der Waals surface area (Å²) < 4.78 is 5.86. The predicted molar refractivity (Wildman–Crippen MR) is 91.8 cm³/mol. The van der Waals surface area contributed by atoms with Gasteiger partial charge in [0.15, 0.2) is 0 Å². The van der Waals surface area contributed by atoms with Crippen molar-refractivity contribution < 1.29 is 9.53 Å². The molecule has 3 fully saturated rings. The van der Waals surface area contributed by atoms with Crippen molar-refractivity contribution in [2.24, 2.45) is 34.5 Å². The van der Waals surface area contributed by atoms with Gasteiger partial charge < -0.3 is 4.74 Å². The molecule has 23 heavy (non-hydrogen) atoms. The van der Waals surface area contributed by atoms with Gasteiger partial charge in [0.1, 0.15) is 6.10 Å². The Morgan fingerprint density at radius 2 is 1.91 bits per heavy atom. The zero-order valence-corrected chi connectivity index (χ0v) is 15.0. The molecule has 0 bridgehead atoms. The molecule has 4 rings (SSSR count). The molecular weight excluding hydrogens is 284 g/mol. The van der Waals surface area contributed by atoms with Crippen molar-refractivity contribution >= 4 is 5.97 Å². The molecule has 3 saturated carbocycles. The van der Waals surface area contributed by atoms with Crippen LogP contribution < -0.4 is 0 Å². The number of esters is 1. The Kier molecular flexibility index (Phi) is 3.66. The Labute approximate surface area is 141 Å². The molecule has 0 amide bonds. The maximum absolute atomic E-state index is 11.7. The largest absolute Gasteiger partial charge is 0.462 e. The van der Waals surface area contributed by atoms with Crippen LogP contribution in [-0.4, -0.2) is 12.1 Å². The topological polar surface area (TPSA) is 26.3 Å². The zero-order chi connectivity index (χ0) is 16.2. The number of hydrogen-bond acceptors (Lipinski definition) is 2. The SMILES string of the molecule is CC(=O)OC1CC=CC2CC[C@H]3[C@@H]4CCC[C@@]4(C)CC[C@@H]3[C@]21C. The van der Waals surface area contributed by atoms with Crippen LogP contribution in [0.3, 0.4) is 0 Å². The maximum atomic E-state index is 11.7. The number of ether oxygens (including phenoxy) is 1. The first-order valence-electron chi connectivity index (χ1n) is 9.79. The number of rotatable bonds is 1. The Bertz CT molecular complexity index is 524. The Hall–Kier alpha value is -0.790. The molecule has 0 N–H and O–H groups in total. The number of carbonyl (C=O) groups excluding carboxylic acids is 1. The molecule has 2 nitrogen and oxygen atoms in total. The molecule has 0 radical (unpaired) electrons. The van der Waals surface area contributed by atoms with Gasteiger partial charge in [0, 0.05) is 18.8 Å². The molecule has 0 heterocycles. The van der Waals surface area contributed by atoms with Gasteiger partial charge in [-0.2, -0.15) is 0 Å². The summed E-state index contributed by atoms with van der Waals surface area (Å²) in [6, 6.07) is 0. The molecule has 2 unspecified atom stereocenters. The summed E-state index contributed by atoms with van der Waals surface area (Å²) in [7, 11) is 0. The third kappa shape index (κ3) is 2.23. The molecule has 0 spiro atoms. The van der Waals surface area contributed by atoms with Crippen molar-refractivity contribution in [3.63, 3.8) is 0 Å². The fraction of sp³-hybridized carbons (Fsp3) is 0.857. The fourth-order valence-corrected chi connectivity index (χ4v) is 7.19. The number of fused-ring (bicyclic) bond motifs is 5. The highest BCUT2D eigenvalue weighted by Crippen LogP contribution is 2.65. The van der Waals surface area contributed by atoms with E-state index in [0.29, 0.717) is 11.3 Å². The van der Waals surface area contributed by atoms with Crippen LogP contribution in [0, 0.1) is 34.5 Å². The summed E-state index contributed by atoms with van der Waals surface area (Å²) in [6.07, 6.45) is 15.4. The van der Waals surface area contributed by atoms with Gasteiger partial charge in [-0.25, -0.2) is 0 Å². The highest BCUT2D eigenvalue weighted by Gasteiger charge is 2.59. The smallest absolute Gasteiger partial charge is 0.302 e. The molecule has 0 aromatic rings. The van der Waals surface area contributed by atoms with Crippen molar-refractivity contribution in [3.05, 3.63) is 12.2 Å². The first-order valence-corrected chi connectivity index (χ1v) is 9.79. The fourth-order valence-electron chi connectivity index (χ4n) is 7.19. The second-order valence-electron chi connectivity index (χ2n) is 9.27. The highest BCUT2D eigenvalue weighted by molar-refractivity contribution is 5.66. The van der Waals surface area contributed by atoms with Gasteiger partial charge in [-0.15, -0.1) is 0 Å². The van der Waals surface area contributed by atoms with E-state index < -0.39 is 0 Å². The van der Waals surface area contributed by atoms with Crippen LogP contribution in [0.25, 0.3) is 0 Å². The van der Waals surface area contributed by atoms with Gasteiger partial charge >= 0.3 is 5.97 Å². The van der Waals surface area contributed by atoms with Crippen molar-refractivity contribution in [1.29, 1.82) is 0 Å². The molecule has 0 saturated heterocycles. The van der Waals surface area contributed by atoms with Gasteiger partial charge in [0.05, 0.1) is 0 Å².